The second-order valence-corrected chi connectivity index (χ2v) is 5.87. The van der Waals surface area contributed by atoms with Crippen LogP contribution in [0.5, 0.6) is 0 Å². The van der Waals surface area contributed by atoms with Crippen molar-refractivity contribution >= 4 is 22.9 Å². The fourth-order valence-electron chi connectivity index (χ4n) is 2.58. The number of nitrogens with zero attached hydrogens (tertiary/aromatic N) is 1. The first-order valence-corrected chi connectivity index (χ1v) is 7.49. The van der Waals surface area contributed by atoms with Crippen LogP contribution in [-0.4, -0.2) is 18.1 Å². The van der Waals surface area contributed by atoms with E-state index in [9.17, 15) is 13.2 Å². The first-order chi connectivity index (χ1) is 9.82. The molecule has 2 rings (SSSR count). The van der Waals surface area contributed by atoms with E-state index in [4.69, 9.17) is 18.0 Å². The second kappa shape index (κ2) is 6.22. The Morgan fingerprint density at radius 3 is 2.48 bits per heavy atom. The monoisotopic (exact) mass is 316 g/mol. The van der Waals surface area contributed by atoms with Crippen LogP contribution in [0.4, 0.5) is 18.9 Å². The fourth-order valence-corrected chi connectivity index (χ4v) is 2.75. The number of hydrogen-bond donors (Lipinski definition) is 1. The highest BCUT2D eigenvalue weighted by atomic mass is 32.1. The van der Waals surface area contributed by atoms with Gasteiger partial charge in [-0.1, -0.05) is 18.6 Å². The lowest BCUT2D eigenvalue weighted by atomic mass is 9.85. The van der Waals surface area contributed by atoms with Gasteiger partial charge >= 0.3 is 6.18 Å². The van der Waals surface area contributed by atoms with Gasteiger partial charge in [0.2, 0.25) is 0 Å². The van der Waals surface area contributed by atoms with E-state index in [1.165, 1.54) is 31.4 Å². The molecule has 1 aliphatic carbocycles. The maximum Gasteiger partial charge on any atom is 0.417 e. The summed E-state index contributed by atoms with van der Waals surface area (Å²) in [6.07, 6.45) is -0.811. The average Bonchev–Trinajstić information content (AvgIpc) is 2.36. The van der Waals surface area contributed by atoms with E-state index >= 15 is 0 Å². The maximum atomic E-state index is 13.0. The lowest BCUT2D eigenvalue weighted by molar-refractivity contribution is -0.137. The standard InChI is InChI=1S/C15H19F3N2S/c1-2-20(9-10-4-3-5-10)11-6-7-13(15(16,17)18)12(8-11)14(19)21/h6-8,10H,2-5,9H2,1H3,(H2,19,21). The van der Waals surface area contributed by atoms with Gasteiger partial charge in [-0.3, -0.25) is 0 Å². The van der Waals surface area contributed by atoms with Crippen molar-refractivity contribution in [3.8, 4) is 0 Å². The van der Waals surface area contributed by atoms with Crippen LogP contribution in [0, 0.1) is 5.92 Å². The predicted molar refractivity (Wildman–Crippen MR) is 82.6 cm³/mol. The molecule has 1 fully saturated rings. The smallest absolute Gasteiger partial charge is 0.389 e. The molecule has 1 aromatic carbocycles. The van der Waals surface area contributed by atoms with Crippen molar-refractivity contribution in [2.75, 3.05) is 18.0 Å². The van der Waals surface area contributed by atoms with Gasteiger partial charge in [-0.05, 0) is 43.9 Å². The number of thiocarbonyl (C=S) groups is 1. The Morgan fingerprint density at radius 1 is 1.38 bits per heavy atom. The summed E-state index contributed by atoms with van der Waals surface area (Å²) in [4.78, 5) is 1.87. The molecule has 116 valence electrons. The first-order valence-electron chi connectivity index (χ1n) is 7.09. The van der Waals surface area contributed by atoms with E-state index in [0.29, 0.717) is 5.92 Å². The van der Waals surface area contributed by atoms with E-state index in [2.05, 4.69) is 4.90 Å². The molecule has 0 spiro atoms. The number of halogens is 3. The van der Waals surface area contributed by atoms with Crippen molar-refractivity contribution in [3.05, 3.63) is 29.3 Å². The molecule has 0 heterocycles. The third-order valence-electron chi connectivity index (χ3n) is 4.02. The van der Waals surface area contributed by atoms with E-state index in [1.54, 1.807) is 0 Å². The van der Waals surface area contributed by atoms with Crippen LogP contribution >= 0.6 is 12.2 Å². The molecule has 1 aromatic rings. The van der Waals surface area contributed by atoms with Crippen LogP contribution in [0.3, 0.4) is 0 Å². The van der Waals surface area contributed by atoms with Crippen LogP contribution < -0.4 is 10.6 Å². The number of rotatable bonds is 5. The molecule has 21 heavy (non-hydrogen) atoms. The number of anilines is 1. The number of nitrogens with two attached hydrogens (primary N) is 1. The van der Waals surface area contributed by atoms with Crippen molar-refractivity contribution in [1.82, 2.24) is 0 Å². The first kappa shape index (κ1) is 16.1. The molecule has 2 nitrogen and oxygen atoms in total. The van der Waals surface area contributed by atoms with Gasteiger partial charge in [0.1, 0.15) is 4.99 Å². The molecule has 6 heteroatoms. The summed E-state index contributed by atoms with van der Waals surface area (Å²) in [5, 5.41) is 0. The summed E-state index contributed by atoms with van der Waals surface area (Å²) in [5.41, 5.74) is 5.36. The molecule has 1 saturated carbocycles. The van der Waals surface area contributed by atoms with Crippen molar-refractivity contribution in [3.63, 3.8) is 0 Å². The fraction of sp³-hybridized carbons (Fsp3) is 0.533. The average molecular weight is 316 g/mol. The summed E-state index contributed by atoms with van der Waals surface area (Å²) in [6, 6.07) is 4.05. The van der Waals surface area contributed by atoms with Crippen molar-refractivity contribution in [1.29, 1.82) is 0 Å². The molecule has 0 radical (unpaired) electrons. The van der Waals surface area contributed by atoms with Gasteiger partial charge in [0.15, 0.2) is 0 Å². The molecule has 0 bridgehead atoms. The van der Waals surface area contributed by atoms with E-state index in [0.717, 1.165) is 24.8 Å². The van der Waals surface area contributed by atoms with Gasteiger partial charge in [-0.25, -0.2) is 0 Å². The van der Waals surface area contributed by atoms with E-state index in [-0.39, 0.29) is 10.6 Å². The zero-order valence-electron chi connectivity index (χ0n) is 11.9. The third kappa shape index (κ3) is 3.67. The van der Waals surface area contributed by atoms with Gasteiger partial charge in [0, 0.05) is 24.3 Å². The SMILES string of the molecule is CCN(CC1CCC1)c1ccc(C(F)(F)F)c(C(N)=S)c1. The Bertz CT molecular complexity index is 524. The van der Waals surface area contributed by atoms with Gasteiger partial charge in [0.25, 0.3) is 0 Å². The minimum absolute atomic E-state index is 0.0953. The molecular weight excluding hydrogens is 297 g/mol. The summed E-state index contributed by atoms with van der Waals surface area (Å²) >= 11 is 4.78. The highest BCUT2D eigenvalue weighted by Gasteiger charge is 2.34. The molecule has 0 amide bonds. The molecule has 0 aromatic heterocycles. The van der Waals surface area contributed by atoms with Crippen molar-refractivity contribution in [2.45, 2.75) is 32.4 Å². The van der Waals surface area contributed by atoms with Crippen LogP contribution in [0.1, 0.15) is 37.3 Å². The third-order valence-corrected chi connectivity index (χ3v) is 4.24. The Morgan fingerprint density at radius 2 is 2.05 bits per heavy atom. The summed E-state index contributed by atoms with van der Waals surface area (Å²) in [7, 11) is 0. The number of alkyl halides is 3. The molecule has 0 aliphatic heterocycles. The summed E-state index contributed by atoms with van der Waals surface area (Å²) in [6.45, 7) is 3.62. The lowest BCUT2D eigenvalue weighted by Gasteiger charge is -2.33. The molecule has 1 aliphatic rings. The molecule has 0 atom stereocenters. The maximum absolute atomic E-state index is 13.0. The molecule has 0 saturated heterocycles. The Hall–Kier alpha value is -1.30. The quantitative estimate of drug-likeness (QED) is 0.834. The van der Waals surface area contributed by atoms with E-state index < -0.39 is 11.7 Å². The lowest BCUT2D eigenvalue weighted by Crippen LogP contribution is -2.32. The van der Waals surface area contributed by atoms with Gasteiger partial charge < -0.3 is 10.6 Å². The number of hydrogen-bond acceptors (Lipinski definition) is 2. The normalized spacial score (nSPS) is 15.6. The topological polar surface area (TPSA) is 29.3 Å². The summed E-state index contributed by atoms with van der Waals surface area (Å²) < 4.78 is 38.9. The van der Waals surface area contributed by atoms with Gasteiger partial charge in [-0.15, -0.1) is 0 Å². The Kier molecular flexibility index (Phi) is 4.76. The zero-order valence-corrected chi connectivity index (χ0v) is 12.7. The Labute approximate surface area is 128 Å². The summed E-state index contributed by atoms with van der Waals surface area (Å²) in [5.74, 6) is 0.639. The van der Waals surface area contributed by atoms with Crippen LogP contribution in [-0.2, 0) is 6.18 Å². The number of benzene rings is 1. The zero-order chi connectivity index (χ0) is 15.6. The largest absolute Gasteiger partial charge is 0.417 e. The molecule has 0 unspecified atom stereocenters. The minimum Gasteiger partial charge on any atom is -0.389 e. The van der Waals surface area contributed by atoms with Gasteiger partial charge in [0.05, 0.1) is 5.56 Å². The van der Waals surface area contributed by atoms with Crippen LogP contribution in [0.25, 0.3) is 0 Å². The van der Waals surface area contributed by atoms with E-state index in [1.807, 2.05) is 6.92 Å². The van der Waals surface area contributed by atoms with Gasteiger partial charge in [-0.2, -0.15) is 13.2 Å². The van der Waals surface area contributed by atoms with Crippen molar-refractivity contribution in [2.24, 2.45) is 11.7 Å². The Balaban J connectivity index is 2.31. The molecular formula is C15H19F3N2S. The van der Waals surface area contributed by atoms with Crippen molar-refractivity contribution < 1.29 is 13.2 Å². The predicted octanol–water partition coefficient (Wildman–Crippen LogP) is 3.97. The molecule has 2 N–H and O–H groups in total. The highest BCUT2D eigenvalue weighted by Crippen LogP contribution is 2.35. The second-order valence-electron chi connectivity index (χ2n) is 5.43. The van der Waals surface area contributed by atoms with Crippen LogP contribution in [0.15, 0.2) is 18.2 Å². The van der Waals surface area contributed by atoms with Crippen LogP contribution in [0.2, 0.25) is 0 Å². The minimum atomic E-state index is -4.44. The highest BCUT2D eigenvalue weighted by molar-refractivity contribution is 7.80.